The molecular weight excluding hydrogens is 354 g/mol. The summed E-state index contributed by atoms with van der Waals surface area (Å²) in [6.07, 6.45) is 2.80. The van der Waals surface area contributed by atoms with Crippen molar-refractivity contribution in [3.05, 3.63) is 63.3 Å². The van der Waals surface area contributed by atoms with Crippen LogP contribution in [-0.2, 0) is 6.42 Å². The first kappa shape index (κ1) is 18.7. The quantitative estimate of drug-likeness (QED) is 0.491. The minimum absolute atomic E-state index is 0.303. The molecule has 3 N–H and O–H groups in total. The minimum atomic E-state index is -0.789. The van der Waals surface area contributed by atoms with Crippen LogP contribution in [0.25, 0.3) is 10.9 Å². The second-order valence-corrected chi connectivity index (χ2v) is 7.23. The molecule has 138 valence electrons. The van der Waals surface area contributed by atoms with E-state index >= 15 is 0 Å². The number of H-pyrrole nitrogens is 1. The zero-order valence-corrected chi connectivity index (χ0v) is 16.0. The van der Waals surface area contributed by atoms with Crippen molar-refractivity contribution in [2.75, 3.05) is 5.73 Å². The second-order valence-electron chi connectivity index (χ2n) is 6.83. The second kappa shape index (κ2) is 7.28. The molecule has 1 atom stereocenters. The predicted molar refractivity (Wildman–Crippen MR) is 105 cm³/mol. The number of aromatic nitrogens is 1. The van der Waals surface area contributed by atoms with Crippen molar-refractivity contribution >= 4 is 28.2 Å². The van der Waals surface area contributed by atoms with E-state index in [0.717, 1.165) is 41.4 Å². The van der Waals surface area contributed by atoms with Gasteiger partial charge in [-0.15, -0.1) is 0 Å². The summed E-state index contributed by atoms with van der Waals surface area (Å²) in [5.74, 6) is -1.91. The smallest absolute Gasteiger partial charge is 0.162 e. The summed E-state index contributed by atoms with van der Waals surface area (Å²) in [7, 11) is 0. The number of rotatable bonds is 5. The number of nitrogens with one attached hydrogen (secondary N) is 1. The number of aromatic amines is 1. The molecule has 1 heterocycles. The SMILES string of the molecule is CCCCc1c(C(C)c2ccc(C)c(F)c2F)[nH]c2ccc(Cl)c(N)c12. The molecule has 26 heavy (non-hydrogen) atoms. The van der Waals surface area contributed by atoms with Gasteiger partial charge >= 0.3 is 0 Å². The van der Waals surface area contributed by atoms with Gasteiger partial charge in [0.25, 0.3) is 0 Å². The van der Waals surface area contributed by atoms with E-state index in [9.17, 15) is 8.78 Å². The zero-order valence-electron chi connectivity index (χ0n) is 15.2. The van der Waals surface area contributed by atoms with Crippen LogP contribution in [0.1, 0.15) is 55.0 Å². The summed E-state index contributed by atoms with van der Waals surface area (Å²) in [6, 6.07) is 6.90. The fourth-order valence-corrected chi connectivity index (χ4v) is 3.67. The van der Waals surface area contributed by atoms with Crippen molar-refractivity contribution in [2.24, 2.45) is 0 Å². The Balaban J connectivity index is 2.20. The van der Waals surface area contributed by atoms with E-state index in [1.807, 2.05) is 13.0 Å². The highest BCUT2D eigenvalue weighted by molar-refractivity contribution is 6.34. The lowest BCUT2D eigenvalue weighted by molar-refractivity contribution is 0.490. The summed E-state index contributed by atoms with van der Waals surface area (Å²) in [4.78, 5) is 3.37. The lowest BCUT2D eigenvalue weighted by Crippen LogP contribution is -2.06. The minimum Gasteiger partial charge on any atom is -0.397 e. The van der Waals surface area contributed by atoms with Crippen molar-refractivity contribution in [3.63, 3.8) is 0 Å². The Labute approximate surface area is 157 Å². The number of nitrogen functional groups attached to an aromatic ring is 1. The maximum Gasteiger partial charge on any atom is 0.162 e. The van der Waals surface area contributed by atoms with E-state index in [4.69, 9.17) is 17.3 Å². The Morgan fingerprint density at radius 1 is 1.15 bits per heavy atom. The highest BCUT2D eigenvalue weighted by atomic mass is 35.5. The lowest BCUT2D eigenvalue weighted by atomic mass is 9.91. The van der Waals surface area contributed by atoms with Gasteiger partial charge in [-0.3, -0.25) is 0 Å². The Hall–Kier alpha value is -2.07. The number of benzene rings is 2. The zero-order chi connectivity index (χ0) is 19.0. The monoisotopic (exact) mass is 376 g/mol. The number of hydrogen-bond acceptors (Lipinski definition) is 1. The largest absolute Gasteiger partial charge is 0.397 e. The van der Waals surface area contributed by atoms with Crippen LogP contribution >= 0.6 is 11.6 Å². The molecule has 0 aliphatic carbocycles. The maximum atomic E-state index is 14.5. The molecule has 2 aromatic carbocycles. The molecule has 3 aromatic rings. The first-order chi connectivity index (χ1) is 12.4. The van der Waals surface area contributed by atoms with Crippen LogP contribution in [0.4, 0.5) is 14.5 Å². The number of anilines is 1. The van der Waals surface area contributed by atoms with E-state index in [2.05, 4.69) is 11.9 Å². The lowest BCUT2D eigenvalue weighted by Gasteiger charge is -2.16. The predicted octanol–water partition coefficient (Wildman–Crippen LogP) is 6.48. The number of unbranched alkanes of at least 4 members (excludes halogenated alkanes) is 1. The van der Waals surface area contributed by atoms with Gasteiger partial charge in [-0.25, -0.2) is 8.78 Å². The topological polar surface area (TPSA) is 41.8 Å². The maximum absolute atomic E-state index is 14.5. The highest BCUT2D eigenvalue weighted by Crippen LogP contribution is 2.38. The molecular formula is C21H23ClF2N2. The van der Waals surface area contributed by atoms with Gasteiger partial charge in [-0.05, 0) is 48.6 Å². The molecule has 0 fully saturated rings. The number of nitrogens with two attached hydrogens (primary N) is 1. The van der Waals surface area contributed by atoms with Crippen LogP contribution in [0.3, 0.4) is 0 Å². The molecule has 0 saturated carbocycles. The normalized spacial score (nSPS) is 12.7. The fourth-order valence-electron chi connectivity index (χ4n) is 3.51. The Kier molecular flexibility index (Phi) is 5.24. The molecule has 5 heteroatoms. The highest BCUT2D eigenvalue weighted by Gasteiger charge is 2.24. The number of halogens is 3. The van der Waals surface area contributed by atoms with Gasteiger partial charge in [0.05, 0.1) is 10.7 Å². The molecule has 3 rings (SSSR count). The van der Waals surface area contributed by atoms with Gasteiger partial charge < -0.3 is 10.7 Å². The van der Waals surface area contributed by atoms with E-state index in [0.29, 0.717) is 21.8 Å². The van der Waals surface area contributed by atoms with Gasteiger partial charge in [0.1, 0.15) is 0 Å². The van der Waals surface area contributed by atoms with Crippen molar-refractivity contribution < 1.29 is 8.78 Å². The molecule has 1 aromatic heterocycles. The van der Waals surface area contributed by atoms with Gasteiger partial charge in [-0.2, -0.15) is 0 Å². The van der Waals surface area contributed by atoms with Crippen LogP contribution in [0.5, 0.6) is 0 Å². The Morgan fingerprint density at radius 2 is 1.88 bits per heavy atom. The average Bonchev–Trinajstić information content (AvgIpc) is 3.00. The number of fused-ring (bicyclic) bond motifs is 1. The van der Waals surface area contributed by atoms with E-state index in [1.165, 1.54) is 0 Å². The Morgan fingerprint density at radius 3 is 2.58 bits per heavy atom. The first-order valence-corrected chi connectivity index (χ1v) is 9.27. The van der Waals surface area contributed by atoms with Crippen molar-refractivity contribution in [1.29, 1.82) is 0 Å². The molecule has 0 bridgehead atoms. The van der Waals surface area contributed by atoms with Crippen LogP contribution in [0.2, 0.25) is 5.02 Å². The third-order valence-electron chi connectivity index (χ3n) is 5.07. The van der Waals surface area contributed by atoms with Crippen molar-refractivity contribution in [1.82, 2.24) is 4.98 Å². The Bertz CT molecular complexity index is 963. The summed E-state index contributed by atoms with van der Waals surface area (Å²) in [6.45, 7) is 5.56. The fraction of sp³-hybridized carbons (Fsp3) is 0.333. The summed E-state index contributed by atoms with van der Waals surface area (Å²) >= 11 is 6.21. The molecule has 0 amide bonds. The number of aryl methyl sites for hydroxylation is 2. The van der Waals surface area contributed by atoms with Gasteiger partial charge in [0.15, 0.2) is 11.6 Å². The third kappa shape index (κ3) is 3.07. The van der Waals surface area contributed by atoms with Gasteiger partial charge in [0, 0.05) is 22.5 Å². The summed E-state index contributed by atoms with van der Waals surface area (Å²) < 4.78 is 28.6. The van der Waals surface area contributed by atoms with Crippen molar-refractivity contribution in [3.8, 4) is 0 Å². The molecule has 0 aliphatic rings. The molecule has 0 saturated heterocycles. The standard InChI is InChI=1S/C21H23ClF2N2/c1-4-5-6-14-17-16(10-9-15(22)20(17)25)26-21(14)12(3)13-8-7-11(2)18(23)19(13)24/h7-10,12,26H,4-6,25H2,1-3H3. The molecule has 2 nitrogen and oxygen atoms in total. The van der Waals surface area contributed by atoms with E-state index in [-0.39, 0.29) is 5.92 Å². The van der Waals surface area contributed by atoms with Gasteiger partial charge in [-0.1, -0.05) is 44.0 Å². The summed E-state index contributed by atoms with van der Waals surface area (Å²) in [5.41, 5.74) is 10.2. The molecule has 0 aliphatic heterocycles. The van der Waals surface area contributed by atoms with E-state index in [1.54, 1.807) is 25.1 Å². The number of hydrogen-bond donors (Lipinski definition) is 2. The van der Waals surface area contributed by atoms with E-state index < -0.39 is 11.6 Å². The summed E-state index contributed by atoms with van der Waals surface area (Å²) in [5, 5.41) is 1.39. The average molecular weight is 377 g/mol. The molecule has 0 radical (unpaired) electrons. The van der Waals surface area contributed by atoms with Crippen LogP contribution < -0.4 is 5.73 Å². The van der Waals surface area contributed by atoms with Crippen LogP contribution in [0.15, 0.2) is 24.3 Å². The first-order valence-electron chi connectivity index (χ1n) is 8.89. The van der Waals surface area contributed by atoms with Gasteiger partial charge in [0.2, 0.25) is 0 Å². The third-order valence-corrected chi connectivity index (χ3v) is 5.40. The van der Waals surface area contributed by atoms with Crippen molar-refractivity contribution in [2.45, 2.75) is 46.0 Å². The molecule has 1 unspecified atom stereocenters. The van der Waals surface area contributed by atoms with Crippen LogP contribution in [0, 0.1) is 18.6 Å². The molecule has 0 spiro atoms. The van der Waals surface area contributed by atoms with Crippen LogP contribution in [-0.4, -0.2) is 4.98 Å².